The van der Waals surface area contributed by atoms with E-state index in [1.807, 2.05) is 0 Å². The average molecular weight is 364 g/mol. The van der Waals surface area contributed by atoms with E-state index in [1.165, 1.54) is 18.2 Å². The maximum absolute atomic E-state index is 12.3. The molecular formula is C18H15F3N2O3. The highest BCUT2D eigenvalue weighted by Gasteiger charge is 2.31. The SMILES string of the molecule is O=C(Nc1ccc(OC(F)(F)F)cc1)c1cccc(NC(=O)C2CC2)c1. The van der Waals surface area contributed by atoms with Gasteiger partial charge in [0.15, 0.2) is 0 Å². The largest absolute Gasteiger partial charge is 0.573 e. The molecule has 0 radical (unpaired) electrons. The smallest absolute Gasteiger partial charge is 0.406 e. The first-order valence-electron chi connectivity index (χ1n) is 7.88. The Morgan fingerprint density at radius 2 is 1.65 bits per heavy atom. The van der Waals surface area contributed by atoms with Gasteiger partial charge in [-0.15, -0.1) is 13.2 Å². The molecular weight excluding hydrogens is 349 g/mol. The minimum absolute atomic E-state index is 0.0462. The van der Waals surface area contributed by atoms with Crippen molar-refractivity contribution in [2.45, 2.75) is 19.2 Å². The molecule has 0 aliphatic heterocycles. The van der Waals surface area contributed by atoms with Crippen molar-refractivity contribution >= 4 is 23.2 Å². The standard InChI is InChI=1S/C18H15F3N2O3/c19-18(20,21)26-15-8-6-13(7-9-15)22-17(25)12-2-1-3-14(10-12)23-16(24)11-4-5-11/h1-3,6-11H,4-5H2,(H,22,25)(H,23,24). The average Bonchev–Trinajstić information content (AvgIpc) is 3.40. The lowest BCUT2D eigenvalue weighted by Crippen LogP contribution is -2.17. The monoisotopic (exact) mass is 364 g/mol. The van der Waals surface area contributed by atoms with Crippen LogP contribution in [0.1, 0.15) is 23.2 Å². The lowest BCUT2D eigenvalue weighted by molar-refractivity contribution is -0.274. The van der Waals surface area contributed by atoms with Crippen molar-refractivity contribution in [2.24, 2.45) is 5.92 Å². The van der Waals surface area contributed by atoms with E-state index in [-0.39, 0.29) is 17.6 Å². The lowest BCUT2D eigenvalue weighted by atomic mass is 10.1. The minimum atomic E-state index is -4.77. The van der Waals surface area contributed by atoms with E-state index in [0.717, 1.165) is 25.0 Å². The molecule has 0 spiro atoms. The topological polar surface area (TPSA) is 67.4 Å². The number of halogens is 3. The van der Waals surface area contributed by atoms with Gasteiger partial charge in [-0.25, -0.2) is 0 Å². The van der Waals surface area contributed by atoms with Gasteiger partial charge in [-0.1, -0.05) is 6.07 Å². The molecule has 2 aromatic carbocycles. The number of carbonyl (C=O) groups is 2. The molecule has 1 saturated carbocycles. The first-order chi connectivity index (χ1) is 12.3. The minimum Gasteiger partial charge on any atom is -0.406 e. The van der Waals surface area contributed by atoms with Crippen LogP contribution < -0.4 is 15.4 Å². The second kappa shape index (κ2) is 7.07. The van der Waals surface area contributed by atoms with Gasteiger partial charge in [-0.05, 0) is 55.3 Å². The lowest BCUT2D eigenvalue weighted by Gasteiger charge is -2.10. The molecule has 0 heterocycles. The van der Waals surface area contributed by atoms with Crippen LogP contribution in [0.15, 0.2) is 48.5 Å². The molecule has 136 valence electrons. The third-order valence-corrected chi connectivity index (χ3v) is 3.69. The van der Waals surface area contributed by atoms with Crippen LogP contribution in [-0.4, -0.2) is 18.2 Å². The zero-order valence-corrected chi connectivity index (χ0v) is 13.5. The van der Waals surface area contributed by atoms with Crippen LogP contribution in [0, 0.1) is 5.92 Å². The Bertz CT molecular complexity index is 815. The Kier molecular flexibility index (Phi) is 4.83. The summed E-state index contributed by atoms with van der Waals surface area (Å²) in [5.41, 5.74) is 1.15. The van der Waals surface area contributed by atoms with Crippen LogP contribution in [0.5, 0.6) is 5.75 Å². The fraction of sp³-hybridized carbons (Fsp3) is 0.222. The van der Waals surface area contributed by atoms with E-state index in [1.54, 1.807) is 18.2 Å². The number of anilines is 2. The van der Waals surface area contributed by atoms with Gasteiger partial charge in [0.1, 0.15) is 5.75 Å². The van der Waals surface area contributed by atoms with E-state index in [2.05, 4.69) is 15.4 Å². The highest BCUT2D eigenvalue weighted by Crippen LogP contribution is 2.30. The van der Waals surface area contributed by atoms with Crippen molar-refractivity contribution in [3.63, 3.8) is 0 Å². The van der Waals surface area contributed by atoms with Crippen molar-refractivity contribution in [1.82, 2.24) is 0 Å². The van der Waals surface area contributed by atoms with Gasteiger partial charge in [0.05, 0.1) is 0 Å². The number of alkyl halides is 3. The third-order valence-electron chi connectivity index (χ3n) is 3.69. The molecule has 5 nitrogen and oxygen atoms in total. The molecule has 0 saturated heterocycles. The molecule has 1 aliphatic carbocycles. The van der Waals surface area contributed by atoms with Crippen LogP contribution in [0.2, 0.25) is 0 Å². The van der Waals surface area contributed by atoms with E-state index in [4.69, 9.17) is 0 Å². The summed E-state index contributed by atoms with van der Waals surface area (Å²) < 4.78 is 40.2. The van der Waals surface area contributed by atoms with Crippen LogP contribution in [-0.2, 0) is 4.79 Å². The maximum atomic E-state index is 12.3. The number of nitrogens with one attached hydrogen (secondary N) is 2. The number of ether oxygens (including phenoxy) is 1. The number of benzene rings is 2. The molecule has 0 unspecified atom stereocenters. The zero-order chi connectivity index (χ0) is 18.7. The second-order valence-electron chi connectivity index (χ2n) is 5.87. The Labute approximate surface area is 147 Å². The number of rotatable bonds is 5. The summed E-state index contributed by atoms with van der Waals surface area (Å²) in [6, 6.07) is 11.2. The molecule has 1 aliphatic rings. The van der Waals surface area contributed by atoms with Gasteiger partial charge in [0, 0.05) is 22.9 Å². The molecule has 8 heteroatoms. The van der Waals surface area contributed by atoms with Gasteiger partial charge in [0.2, 0.25) is 5.91 Å². The summed E-state index contributed by atoms with van der Waals surface area (Å²) in [5, 5.41) is 5.33. The molecule has 2 N–H and O–H groups in total. The van der Waals surface area contributed by atoms with E-state index in [0.29, 0.717) is 16.9 Å². The third kappa shape index (κ3) is 4.98. The van der Waals surface area contributed by atoms with Gasteiger partial charge in [-0.2, -0.15) is 0 Å². The molecule has 1 fully saturated rings. The normalized spacial score (nSPS) is 13.8. The molecule has 0 atom stereocenters. The molecule has 0 bridgehead atoms. The van der Waals surface area contributed by atoms with Crippen molar-refractivity contribution in [3.8, 4) is 5.75 Å². The molecule has 0 aromatic heterocycles. The molecule has 2 aromatic rings. The van der Waals surface area contributed by atoms with Crippen LogP contribution in [0.4, 0.5) is 24.5 Å². The predicted octanol–water partition coefficient (Wildman–Crippen LogP) is 4.19. The summed E-state index contributed by atoms with van der Waals surface area (Å²) in [6.45, 7) is 0. The van der Waals surface area contributed by atoms with Gasteiger partial charge in [-0.3, -0.25) is 9.59 Å². The Morgan fingerprint density at radius 3 is 2.27 bits per heavy atom. The number of amides is 2. The van der Waals surface area contributed by atoms with Crippen molar-refractivity contribution in [3.05, 3.63) is 54.1 Å². The Hall–Kier alpha value is -3.03. The fourth-order valence-electron chi connectivity index (χ4n) is 2.27. The molecule has 3 rings (SSSR count). The summed E-state index contributed by atoms with van der Waals surface area (Å²) in [4.78, 5) is 24.1. The van der Waals surface area contributed by atoms with Crippen molar-refractivity contribution in [1.29, 1.82) is 0 Å². The van der Waals surface area contributed by atoms with Crippen LogP contribution in [0.25, 0.3) is 0 Å². The highest BCUT2D eigenvalue weighted by molar-refractivity contribution is 6.05. The van der Waals surface area contributed by atoms with Gasteiger partial charge < -0.3 is 15.4 Å². The van der Waals surface area contributed by atoms with E-state index >= 15 is 0 Å². The molecule has 2 amide bonds. The zero-order valence-electron chi connectivity index (χ0n) is 13.5. The number of hydrogen-bond acceptors (Lipinski definition) is 3. The summed E-state index contributed by atoms with van der Waals surface area (Å²) in [6.07, 6.45) is -3.02. The van der Waals surface area contributed by atoms with Crippen molar-refractivity contribution < 1.29 is 27.5 Å². The Balaban J connectivity index is 1.63. The quantitative estimate of drug-likeness (QED) is 0.836. The maximum Gasteiger partial charge on any atom is 0.573 e. The summed E-state index contributed by atoms with van der Waals surface area (Å²) in [7, 11) is 0. The predicted molar refractivity (Wildman–Crippen MR) is 88.9 cm³/mol. The summed E-state index contributed by atoms with van der Waals surface area (Å²) >= 11 is 0. The number of hydrogen-bond donors (Lipinski definition) is 2. The Morgan fingerprint density at radius 1 is 0.962 bits per heavy atom. The highest BCUT2D eigenvalue weighted by atomic mass is 19.4. The fourth-order valence-corrected chi connectivity index (χ4v) is 2.27. The molecule has 26 heavy (non-hydrogen) atoms. The first-order valence-corrected chi connectivity index (χ1v) is 7.88. The van der Waals surface area contributed by atoms with Crippen LogP contribution in [0.3, 0.4) is 0 Å². The van der Waals surface area contributed by atoms with Crippen molar-refractivity contribution in [2.75, 3.05) is 10.6 Å². The van der Waals surface area contributed by atoms with Gasteiger partial charge in [0.25, 0.3) is 5.91 Å². The van der Waals surface area contributed by atoms with Crippen LogP contribution >= 0.6 is 0 Å². The summed E-state index contributed by atoms with van der Waals surface area (Å²) in [5.74, 6) is -0.843. The van der Waals surface area contributed by atoms with E-state index in [9.17, 15) is 22.8 Å². The number of carbonyl (C=O) groups excluding carboxylic acids is 2. The van der Waals surface area contributed by atoms with E-state index < -0.39 is 12.3 Å². The second-order valence-corrected chi connectivity index (χ2v) is 5.87. The van der Waals surface area contributed by atoms with Gasteiger partial charge >= 0.3 is 6.36 Å². The first kappa shape index (κ1) is 17.8.